The lowest BCUT2D eigenvalue weighted by atomic mass is 10.1. The number of amides is 1. The van der Waals surface area contributed by atoms with Gasteiger partial charge >= 0.3 is 6.09 Å². The fourth-order valence-corrected chi connectivity index (χ4v) is 5.79. The molecule has 4 aromatic carbocycles. The lowest BCUT2D eigenvalue weighted by molar-refractivity contribution is 0.116. The van der Waals surface area contributed by atoms with Crippen LogP contribution in [0, 0.1) is 11.8 Å². The molecule has 8 heteroatoms. The zero-order valence-corrected chi connectivity index (χ0v) is 31.0. The molecular weight excluding hydrogens is 666 g/mol. The Morgan fingerprint density at radius 1 is 0.736 bits per heavy atom. The number of unbranched alkanes of at least 4 members (excludes halogenated alkanes) is 8. The van der Waals surface area contributed by atoms with Gasteiger partial charge in [-0.25, -0.2) is 4.79 Å². The lowest BCUT2D eigenvalue weighted by Crippen LogP contribution is -2.27. The average Bonchev–Trinajstić information content (AvgIpc) is 3.19. The van der Waals surface area contributed by atoms with Gasteiger partial charge in [-0.2, -0.15) is 0 Å². The Morgan fingerprint density at radius 3 is 2.08 bits per heavy atom. The Morgan fingerprint density at radius 2 is 1.40 bits per heavy atom. The van der Waals surface area contributed by atoms with Gasteiger partial charge in [0.15, 0.2) is 17.3 Å². The van der Waals surface area contributed by atoms with E-state index in [9.17, 15) is 9.59 Å². The number of nitrogens with zero attached hydrogens (tertiary/aromatic N) is 1. The molecule has 8 nitrogen and oxygen atoms in total. The number of ether oxygens (including phenoxy) is 4. The molecule has 1 heterocycles. The van der Waals surface area contributed by atoms with Crippen molar-refractivity contribution in [2.24, 2.45) is 0 Å². The number of benzene rings is 4. The van der Waals surface area contributed by atoms with Crippen LogP contribution in [-0.2, 0) is 18.0 Å². The Bertz CT molecular complexity index is 2030. The number of hydrogen-bond acceptors (Lipinski definition) is 7. The highest BCUT2D eigenvalue weighted by Crippen LogP contribution is 2.37. The van der Waals surface area contributed by atoms with Crippen LogP contribution in [0.1, 0.15) is 74.5 Å². The molecule has 0 radical (unpaired) electrons. The second kappa shape index (κ2) is 20.5. The molecular formula is C45H49NO7. The Labute approximate surface area is 312 Å². The van der Waals surface area contributed by atoms with Crippen molar-refractivity contribution in [1.29, 1.82) is 0 Å². The molecule has 1 amide bonds. The van der Waals surface area contributed by atoms with Gasteiger partial charge in [0, 0.05) is 38.2 Å². The molecule has 0 bridgehead atoms. The van der Waals surface area contributed by atoms with E-state index in [2.05, 4.69) is 24.0 Å². The highest BCUT2D eigenvalue weighted by Gasteiger charge is 2.23. The molecule has 276 valence electrons. The summed E-state index contributed by atoms with van der Waals surface area (Å²) in [5, 5.41) is 0.277. The molecule has 0 aliphatic rings. The fourth-order valence-electron chi connectivity index (χ4n) is 5.79. The van der Waals surface area contributed by atoms with Crippen molar-refractivity contribution in [3.05, 3.63) is 124 Å². The minimum absolute atomic E-state index is 0.109. The summed E-state index contributed by atoms with van der Waals surface area (Å²) in [6.45, 7) is 1.86. The summed E-state index contributed by atoms with van der Waals surface area (Å²) in [7, 11) is 4.63. The Balaban J connectivity index is 1.15. The summed E-state index contributed by atoms with van der Waals surface area (Å²) in [5.41, 5.74) is 3.29. The van der Waals surface area contributed by atoms with Crippen LogP contribution < -0.4 is 19.6 Å². The first-order valence-corrected chi connectivity index (χ1v) is 18.4. The van der Waals surface area contributed by atoms with E-state index in [1.165, 1.54) is 49.7 Å². The van der Waals surface area contributed by atoms with E-state index in [1.807, 2.05) is 54.6 Å². The number of hydrogen-bond donors (Lipinski definition) is 0. The predicted octanol–water partition coefficient (Wildman–Crippen LogP) is 10.2. The standard InChI is InChI=1S/C45H49NO7/c1-46(2)45(48)53-44-42(47)38-30-34(20-14-10-8-6-4-5-7-9-11-19-29-50-32-35-21-15-12-16-22-35)25-27-39(38)52-43(44)37-26-28-40(41(31-37)49-3)51-33-36-23-17-13-18-24-36/h12-13,15-18,21-28,30-31H,4-11,19,29,32-33H2,1-3H3. The highest BCUT2D eigenvalue weighted by atomic mass is 16.6. The number of rotatable bonds is 18. The molecule has 0 saturated heterocycles. The molecule has 0 aliphatic heterocycles. The third kappa shape index (κ3) is 11.7. The van der Waals surface area contributed by atoms with Crippen molar-refractivity contribution in [2.45, 2.75) is 71.0 Å². The molecule has 5 aromatic rings. The molecule has 0 aliphatic carbocycles. The maximum absolute atomic E-state index is 13.9. The second-order valence-corrected chi connectivity index (χ2v) is 13.1. The molecule has 1 aromatic heterocycles. The summed E-state index contributed by atoms with van der Waals surface area (Å²) in [6.07, 6.45) is 9.50. The first-order chi connectivity index (χ1) is 25.9. The number of carbonyl (C=O) groups excluding carboxylic acids is 1. The van der Waals surface area contributed by atoms with Gasteiger partial charge in [-0.15, -0.1) is 0 Å². The molecule has 0 spiro atoms. The van der Waals surface area contributed by atoms with Gasteiger partial charge in [-0.3, -0.25) is 4.79 Å². The molecule has 0 N–H and O–H groups in total. The van der Waals surface area contributed by atoms with Crippen molar-refractivity contribution >= 4 is 17.1 Å². The number of fused-ring (bicyclic) bond motifs is 1. The topological polar surface area (TPSA) is 87.4 Å². The first kappa shape index (κ1) is 38.7. The van der Waals surface area contributed by atoms with Crippen molar-refractivity contribution in [3.63, 3.8) is 0 Å². The monoisotopic (exact) mass is 715 g/mol. The van der Waals surface area contributed by atoms with Gasteiger partial charge in [0.1, 0.15) is 12.2 Å². The molecule has 0 unspecified atom stereocenters. The van der Waals surface area contributed by atoms with Crippen LogP contribution in [0.25, 0.3) is 22.3 Å². The largest absolute Gasteiger partial charge is 0.493 e. The van der Waals surface area contributed by atoms with Gasteiger partial charge in [0.2, 0.25) is 11.2 Å². The quantitative estimate of drug-likeness (QED) is 0.0659. The van der Waals surface area contributed by atoms with E-state index in [0.717, 1.165) is 37.9 Å². The minimum Gasteiger partial charge on any atom is -0.493 e. The zero-order valence-electron chi connectivity index (χ0n) is 31.0. The molecule has 0 fully saturated rings. The second-order valence-electron chi connectivity index (χ2n) is 13.1. The predicted molar refractivity (Wildman–Crippen MR) is 209 cm³/mol. The summed E-state index contributed by atoms with van der Waals surface area (Å²) in [6, 6.07) is 30.5. The number of methoxy groups -OCH3 is 1. The lowest BCUT2D eigenvalue weighted by Gasteiger charge is -2.15. The maximum atomic E-state index is 13.9. The van der Waals surface area contributed by atoms with Crippen LogP contribution in [-0.4, -0.2) is 38.8 Å². The summed E-state index contributed by atoms with van der Waals surface area (Å²) in [5.74, 6) is 7.30. The molecule has 53 heavy (non-hydrogen) atoms. The van der Waals surface area contributed by atoms with Crippen LogP contribution in [0.5, 0.6) is 17.2 Å². The number of carbonyl (C=O) groups is 1. The average molecular weight is 716 g/mol. The van der Waals surface area contributed by atoms with Crippen LogP contribution in [0.2, 0.25) is 0 Å². The normalized spacial score (nSPS) is 10.8. The van der Waals surface area contributed by atoms with Gasteiger partial charge in [-0.05, 0) is 60.4 Å². The fraction of sp³-hybridized carbons (Fsp3) is 0.333. The molecule has 0 saturated carbocycles. The molecule has 5 rings (SSSR count). The maximum Gasteiger partial charge on any atom is 0.414 e. The smallest absolute Gasteiger partial charge is 0.414 e. The van der Waals surface area contributed by atoms with E-state index in [1.54, 1.807) is 44.4 Å². The van der Waals surface area contributed by atoms with Crippen molar-refractivity contribution in [2.75, 3.05) is 27.8 Å². The van der Waals surface area contributed by atoms with E-state index < -0.39 is 11.5 Å². The summed E-state index contributed by atoms with van der Waals surface area (Å²) in [4.78, 5) is 27.8. The van der Waals surface area contributed by atoms with Crippen LogP contribution in [0.4, 0.5) is 4.79 Å². The minimum atomic E-state index is -0.701. The van der Waals surface area contributed by atoms with Crippen molar-refractivity contribution < 1.29 is 28.2 Å². The molecule has 0 atom stereocenters. The van der Waals surface area contributed by atoms with E-state index in [0.29, 0.717) is 41.4 Å². The van der Waals surface area contributed by atoms with Crippen LogP contribution in [0.3, 0.4) is 0 Å². The van der Waals surface area contributed by atoms with Crippen LogP contribution in [0.15, 0.2) is 106 Å². The van der Waals surface area contributed by atoms with Crippen LogP contribution >= 0.6 is 0 Å². The van der Waals surface area contributed by atoms with E-state index in [4.69, 9.17) is 23.4 Å². The Kier molecular flexibility index (Phi) is 15.0. The van der Waals surface area contributed by atoms with Gasteiger partial charge < -0.3 is 28.3 Å². The summed E-state index contributed by atoms with van der Waals surface area (Å²) < 4.78 is 29.3. The highest BCUT2D eigenvalue weighted by molar-refractivity contribution is 5.85. The van der Waals surface area contributed by atoms with Crippen molar-refractivity contribution in [3.8, 4) is 40.4 Å². The zero-order chi connectivity index (χ0) is 37.3. The SMILES string of the molecule is COc1cc(-c2oc3ccc(C#CCCCCCCCCCCOCc4ccccc4)cc3c(=O)c2OC(=O)N(C)C)ccc1OCc1ccccc1. The van der Waals surface area contributed by atoms with E-state index >= 15 is 0 Å². The van der Waals surface area contributed by atoms with Gasteiger partial charge in [-0.1, -0.05) is 111 Å². The van der Waals surface area contributed by atoms with Crippen molar-refractivity contribution in [1.82, 2.24) is 4.90 Å². The third-order valence-corrected chi connectivity index (χ3v) is 8.75. The van der Waals surface area contributed by atoms with Gasteiger partial charge in [0.25, 0.3) is 0 Å². The van der Waals surface area contributed by atoms with Gasteiger partial charge in [0.05, 0.1) is 19.1 Å². The first-order valence-electron chi connectivity index (χ1n) is 18.4. The van der Waals surface area contributed by atoms with E-state index in [-0.39, 0.29) is 16.9 Å². The Hall–Kier alpha value is -5.52. The summed E-state index contributed by atoms with van der Waals surface area (Å²) >= 11 is 0. The third-order valence-electron chi connectivity index (χ3n) is 8.75.